The van der Waals surface area contributed by atoms with E-state index in [4.69, 9.17) is 0 Å². The summed E-state index contributed by atoms with van der Waals surface area (Å²) in [7, 11) is 4.21. The van der Waals surface area contributed by atoms with E-state index in [9.17, 15) is 4.79 Å². The molecule has 0 unspecified atom stereocenters. The number of rotatable bonds is 5. The van der Waals surface area contributed by atoms with Gasteiger partial charge in [-0.1, -0.05) is 23.9 Å². The molecule has 0 atom stereocenters. The van der Waals surface area contributed by atoms with E-state index in [2.05, 4.69) is 54.2 Å². The Morgan fingerprint density at radius 2 is 1.83 bits per heavy atom. The van der Waals surface area contributed by atoms with Gasteiger partial charge in [-0.3, -0.25) is 4.79 Å². The fourth-order valence-corrected chi connectivity index (χ4v) is 3.97. The second kappa shape index (κ2) is 6.77. The lowest BCUT2D eigenvalue weighted by atomic mass is 10.1. The molecule has 0 N–H and O–H groups in total. The van der Waals surface area contributed by atoms with E-state index in [1.807, 2.05) is 12.1 Å². The Kier molecular flexibility index (Phi) is 4.74. The van der Waals surface area contributed by atoms with Crippen LogP contribution in [-0.4, -0.2) is 37.9 Å². The third-order valence-electron chi connectivity index (χ3n) is 4.02. The molecule has 0 aliphatic carbocycles. The number of benzene rings is 2. The monoisotopic (exact) mass is 326 g/mol. The summed E-state index contributed by atoms with van der Waals surface area (Å²) in [5.74, 6) is 0.117. The van der Waals surface area contributed by atoms with Gasteiger partial charge in [0.15, 0.2) is 5.78 Å². The zero-order chi connectivity index (χ0) is 16.4. The number of hydrogen-bond acceptors (Lipinski definition) is 4. The molecular weight excluding hydrogens is 304 g/mol. The lowest BCUT2D eigenvalue weighted by molar-refractivity contribution is 0.101. The molecule has 120 valence electrons. The zero-order valence-electron chi connectivity index (χ0n) is 13.9. The Balaban J connectivity index is 1.96. The van der Waals surface area contributed by atoms with Gasteiger partial charge in [0, 0.05) is 21.9 Å². The maximum atomic E-state index is 11.7. The molecule has 0 spiro atoms. The van der Waals surface area contributed by atoms with Crippen LogP contribution in [0.2, 0.25) is 0 Å². The van der Waals surface area contributed by atoms with Crippen LogP contribution < -0.4 is 4.90 Å². The standard InChI is InChI=1S/C19H22N2OS/c1-14(22)15-9-10-17-19(13-15)23-18-8-5-4-7-16(18)21(17)12-6-11-20(2)3/h4-5,7-10,13H,6,11-12H2,1-3H3. The normalized spacial score (nSPS) is 13.0. The van der Waals surface area contributed by atoms with Crippen molar-refractivity contribution >= 4 is 28.9 Å². The third-order valence-corrected chi connectivity index (χ3v) is 5.13. The highest BCUT2D eigenvalue weighted by atomic mass is 32.2. The predicted molar refractivity (Wildman–Crippen MR) is 97.2 cm³/mol. The van der Waals surface area contributed by atoms with Gasteiger partial charge >= 0.3 is 0 Å². The highest BCUT2D eigenvalue weighted by Gasteiger charge is 2.23. The SMILES string of the molecule is CC(=O)c1ccc2c(c1)Sc1ccccc1N2CCCN(C)C. The molecule has 2 aromatic carbocycles. The summed E-state index contributed by atoms with van der Waals surface area (Å²) in [6.45, 7) is 3.66. The lowest BCUT2D eigenvalue weighted by Gasteiger charge is -2.33. The second-order valence-corrected chi connectivity index (χ2v) is 7.20. The van der Waals surface area contributed by atoms with Gasteiger partial charge in [0.1, 0.15) is 0 Å². The maximum absolute atomic E-state index is 11.7. The average Bonchev–Trinajstić information content (AvgIpc) is 2.53. The van der Waals surface area contributed by atoms with Crippen LogP contribution in [0, 0.1) is 0 Å². The molecule has 0 saturated heterocycles. The Labute approximate surface area is 142 Å². The summed E-state index contributed by atoms with van der Waals surface area (Å²) in [6, 6.07) is 14.6. The minimum atomic E-state index is 0.117. The number of carbonyl (C=O) groups is 1. The largest absolute Gasteiger partial charge is 0.340 e. The first-order valence-corrected chi connectivity index (χ1v) is 8.72. The van der Waals surface area contributed by atoms with E-state index in [1.165, 1.54) is 21.2 Å². The van der Waals surface area contributed by atoms with Gasteiger partial charge in [0.25, 0.3) is 0 Å². The fourth-order valence-electron chi connectivity index (χ4n) is 2.84. The summed E-state index contributed by atoms with van der Waals surface area (Å²) in [4.78, 5) is 18.7. The van der Waals surface area contributed by atoms with E-state index >= 15 is 0 Å². The minimum absolute atomic E-state index is 0.117. The van der Waals surface area contributed by atoms with E-state index < -0.39 is 0 Å². The van der Waals surface area contributed by atoms with Crippen molar-refractivity contribution in [2.45, 2.75) is 23.1 Å². The van der Waals surface area contributed by atoms with Crippen molar-refractivity contribution in [2.24, 2.45) is 0 Å². The lowest BCUT2D eigenvalue weighted by Crippen LogP contribution is -2.25. The van der Waals surface area contributed by atoms with Gasteiger partial charge in [0.05, 0.1) is 11.4 Å². The smallest absolute Gasteiger partial charge is 0.159 e. The highest BCUT2D eigenvalue weighted by Crippen LogP contribution is 2.48. The molecule has 0 bridgehead atoms. The quantitative estimate of drug-likeness (QED) is 0.758. The van der Waals surface area contributed by atoms with Crippen molar-refractivity contribution in [3.05, 3.63) is 48.0 Å². The van der Waals surface area contributed by atoms with Crippen molar-refractivity contribution in [3.8, 4) is 0 Å². The summed E-state index contributed by atoms with van der Waals surface area (Å²) >= 11 is 1.75. The van der Waals surface area contributed by atoms with Crippen molar-refractivity contribution in [2.75, 3.05) is 32.1 Å². The summed E-state index contributed by atoms with van der Waals surface area (Å²) < 4.78 is 0. The molecular formula is C19H22N2OS. The molecule has 0 amide bonds. The van der Waals surface area contributed by atoms with Crippen LogP contribution in [0.1, 0.15) is 23.7 Å². The molecule has 3 rings (SSSR count). The molecule has 0 fully saturated rings. The Hall–Kier alpha value is -1.78. The molecule has 0 saturated carbocycles. The first-order valence-electron chi connectivity index (χ1n) is 7.90. The van der Waals surface area contributed by atoms with Crippen LogP contribution in [0.4, 0.5) is 11.4 Å². The molecule has 0 radical (unpaired) electrons. The number of para-hydroxylation sites is 1. The number of hydrogen-bond donors (Lipinski definition) is 0. The average molecular weight is 326 g/mol. The Morgan fingerprint density at radius 1 is 1.09 bits per heavy atom. The highest BCUT2D eigenvalue weighted by molar-refractivity contribution is 7.99. The van der Waals surface area contributed by atoms with Crippen molar-refractivity contribution in [3.63, 3.8) is 0 Å². The van der Waals surface area contributed by atoms with Crippen LogP contribution in [0.15, 0.2) is 52.3 Å². The maximum Gasteiger partial charge on any atom is 0.159 e. The van der Waals surface area contributed by atoms with E-state index in [0.717, 1.165) is 25.1 Å². The third kappa shape index (κ3) is 3.43. The van der Waals surface area contributed by atoms with Crippen LogP contribution in [0.3, 0.4) is 0 Å². The fraction of sp³-hybridized carbons (Fsp3) is 0.316. The van der Waals surface area contributed by atoms with E-state index in [0.29, 0.717) is 0 Å². The first-order chi connectivity index (χ1) is 11.1. The number of anilines is 2. The van der Waals surface area contributed by atoms with Gasteiger partial charge in [-0.25, -0.2) is 0 Å². The van der Waals surface area contributed by atoms with E-state index in [1.54, 1.807) is 18.7 Å². The van der Waals surface area contributed by atoms with Crippen LogP contribution in [-0.2, 0) is 0 Å². The van der Waals surface area contributed by atoms with Gasteiger partial charge in [0.2, 0.25) is 0 Å². The van der Waals surface area contributed by atoms with Gasteiger partial charge in [-0.2, -0.15) is 0 Å². The molecule has 0 aromatic heterocycles. The summed E-state index contributed by atoms with van der Waals surface area (Å²) in [5.41, 5.74) is 3.25. The van der Waals surface area contributed by atoms with Crippen LogP contribution in [0.25, 0.3) is 0 Å². The van der Waals surface area contributed by atoms with Crippen LogP contribution >= 0.6 is 11.8 Å². The minimum Gasteiger partial charge on any atom is -0.340 e. The summed E-state index contributed by atoms with van der Waals surface area (Å²) in [6.07, 6.45) is 1.10. The Bertz CT molecular complexity index is 727. The van der Waals surface area contributed by atoms with Gasteiger partial charge in [-0.15, -0.1) is 0 Å². The van der Waals surface area contributed by atoms with Gasteiger partial charge in [-0.05, 0) is 64.3 Å². The van der Waals surface area contributed by atoms with E-state index in [-0.39, 0.29) is 5.78 Å². The zero-order valence-corrected chi connectivity index (χ0v) is 14.7. The van der Waals surface area contributed by atoms with Crippen molar-refractivity contribution < 1.29 is 4.79 Å². The topological polar surface area (TPSA) is 23.6 Å². The Morgan fingerprint density at radius 3 is 2.57 bits per heavy atom. The molecule has 23 heavy (non-hydrogen) atoms. The van der Waals surface area contributed by atoms with Crippen molar-refractivity contribution in [1.82, 2.24) is 4.90 Å². The molecule has 4 heteroatoms. The predicted octanol–water partition coefficient (Wildman–Crippen LogP) is 4.44. The number of ketones is 1. The number of carbonyl (C=O) groups excluding carboxylic acids is 1. The van der Waals surface area contributed by atoms with Crippen LogP contribution in [0.5, 0.6) is 0 Å². The number of nitrogens with zero attached hydrogens (tertiary/aromatic N) is 2. The summed E-state index contributed by atoms with van der Waals surface area (Å²) in [5, 5.41) is 0. The van der Waals surface area contributed by atoms with Gasteiger partial charge < -0.3 is 9.80 Å². The molecule has 2 aromatic rings. The number of Topliss-reactive ketones (excluding diaryl/α,β-unsaturated/α-hetero) is 1. The molecule has 3 nitrogen and oxygen atoms in total. The second-order valence-electron chi connectivity index (χ2n) is 6.12. The molecule has 1 aliphatic heterocycles. The van der Waals surface area contributed by atoms with Crippen molar-refractivity contribution in [1.29, 1.82) is 0 Å². The number of fused-ring (bicyclic) bond motifs is 2. The molecule has 1 aliphatic rings. The molecule has 1 heterocycles. The first kappa shape index (κ1) is 16.1.